The maximum absolute atomic E-state index is 12.8. The first-order valence-electron chi connectivity index (χ1n) is 10.6. The highest BCUT2D eigenvalue weighted by Crippen LogP contribution is 2.28. The number of carbonyl (C=O) groups excluding carboxylic acids is 1. The summed E-state index contributed by atoms with van der Waals surface area (Å²) in [4.78, 5) is 21.4. The summed E-state index contributed by atoms with van der Waals surface area (Å²) in [5, 5.41) is 9.00. The number of amides is 1. The van der Waals surface area contributed by atoms with Gasteiger partial charge >= 0.3 is 0 Å². The Morgan fingerprint density at radius 1 is 0.909 bits per heavy atom. The van der Waals surface area contributed by atoms with Crippen molar-refractivity contribution in [1.82, 2.24) is 9.97 Å². The number of benzene rings is 2. The summed E-state index contributed by atoms with van der Waals surface area (Å²) in [5.74, 6) is 0.964. The van der Waals surface area contributed by atoms with E-state index in [0.29, 0.717) is 36.0 Å². The van der Waals surface area contributed by atoms with Crippen LogP contribution in [0.1, 0.15) is 24.2 Å². The quantitative estimate of drug-likeness (QED) is 0.319. The number of aromatic nitrogens is 2. The fraction of sp³-hybridized carbons (Fsp3) is 0.160. The van der Waals surface area contributed by atoms with Crippen LogP contribution in [0.4, 0.5) is 16.5 Å². The second kappa shape index (κ2) is 10.6. The van der Waals surface area contributed by atoms with Gasteiger partial charge in [-0.1, -0.05) is 0 Å². The van der Waals surface area contributed by atoms with E-state index in [4.69, 9.17) is 9.47 Å². The number of anilines is 3. The molecule has 0 atom stereocenters. The summed E-state index contributed by atoms with van der Waals surface area (Å²) in [5.41, 5.74) is 3.95. The van der Waals surface area contributed by atoms with Crippen LogP contribution in [0.5, 0.6) is 11.5 Å². The number of pyridine rings is 1. The summed E-state index contributed by atoms with van der Waals surface area (Å²) < 4.78 is 11.1. The molecule has 7 nitrogen and oxygen atoms in total. The molecule has 0 aliphatic carbocycles. The number of ether oxygens (including phenoxy) is 2. The largest absolute Gasteiger partial charge is 0.494 e. The van der Waals surface area contributed by atoms with E-state index in [0.717, 1.165) is 22.1 Å². The fourth-order valence-electron chi connectivity index (χ4n) is 3.15. The predicted molar refractivity (Wildman–Crippen MR) is 132 cm³/mol. The molecule has 0 bridgehead atoms. The first kappa shape index (κ1) is 22.3. The normalized spacial score (nSPS) is 10.5. The van der Waals surface area contributed by atoms with Gasteiger partial charge in [0.2, 0.25) is 0 Å². The highest BCUT2D eigenvalue weighted by molar-refractivity contribution is 7.14. The summed E-state index contributed by atoms with van der Waals surface area (Å²) >= 11 is 1.53. The van der Waals surface area contributed by atoms with Crippen LogP contribution >= 0.6 is 11.3 Å². The van der Waals surface area contributed by atoms with Crippen LogP contribution in [0.3, 0.4) is 0 Å². The zero-order valence-electron chi connectivity index (χ0n) is 18.4. The lowest BCUT2D eigenvalue weighted by atomic mass is 10.1. The van der Waals surface area contributed by atoms with Crippen molar-refractivity contribution >= 4 is 33.8 Å². The number of hydrogen-bond donors (Lipinski definition) is 2. The van der Waals surface area contributed by atoms with Crippen molar-refractivity contribution < 1.29 is 14.3 Å². The highest BCUT2D eigenvalue weighted by atomic mass is 32.1. The zero-order valence-corrected chi connectivity index (χ0v) is 19.2. The van der Waals surface area contributed by atoms with Crippen LogP contribution in [0.25, 0.3) is 11.3 Å². The molecular weight excluding hydrogens is 436 g/mol. The maximum atomic E-state index is 12.8. The minimum Gasteiger partial charge on any atom is -0.494 e. The lowest BCUT2D eigenvalue weighted by Crippen LogP contribution is -2.12. The van der Waals surface area contributed by atoms with Crippen LogP contribution in [-0.2, 0) is 0 Å². The Labute approximate surface area is 196 Å². The van der Waals surface area contributed by atoms with E-state index < -0.39 is 0 Å². The van der Waals surface area contributed by atoms with E-state index >= 15 is 0 Å². The van der Waals surface area contributed by atoms with Crippen molar-refractivity contribution in [1.29, 1.82) is 0 Å². The number of rotatable bonds is 9. The third-order valence-corrected chi connectivity index (χ3v) is 5.40. The second-order valence-electron chi connectivity index (χ2n) is 6.99. The third kappa shape index (κ3) is 5.87. The van der Waals surface area contributed by atoms with E-state index in [1.165, 1.54) is 11.3 Å². The minimum atomic E-state index is -0.236. The van der Waals surface area contributed by atoms with Gasteiger partial charge in [-0.25, -0.2) is 4.98 Å². The molecule has 33 heavy (non-hydrogen) atoms. The Morgan fingerprint density at radius 2 is 1.55 bits per heavy atom. The topological polar surface area (TPSA) is 85.4 Å². The Balaban J connectivity index is 1.42. The number of nitrogens with zero attached hydrogens (tertiary/aromatic N) is 2. The lowest BCUT2D eigenvalue weighted by Gasteiger charge is -2.11. The minimum absolute atomic E-state index is 0.236. The van der Waals surface area contributed by atoms with Gasteiger partial charge in [-0.2, -0.15) is 0 Å². The van der Waals surface area contributed by atoms with Gasteiger partial charge in [0.15, 0.2) is 5.13 Å². The SMILES string of the molecule is CCOc1cc(OCC)cc(C(=O)Nc2ccc(Nc3nc(-c4ccncc4)cs3)cc2)c1. The van der Waals surface area contributed by atoms with Crippen molar-refractivity contribution in [2.75, 3.05) is 23.8 Å². The number of thiazole rings is 1. The molecule has 0 radical (unpaired) electrons. The first-order chi connectivity index (χ1) is 16.1. The van der Waals surface area contributed by atoms with Crippen LogP contribution in [0.15, 0.2) is 72.4 Å². The van der Waals surface area contributed by atoms with Gasteiger partial charge in [-0.05, 0) is 62.4 Å². The fourth-order valence-corrected chi connectivity index (χ4v) is 3.89. The molecule has 1 amide bonds. The molecule has 0 fully saturated rings. The zero-order chi connectivity index (χ0) is 23.0. The van der Waals surface area contributed by atoms with E-state index in [1.807, 2.05) is 55.6 Å². The summed E-state index contributed by atoms with van der Waals surface area (Å²) in [6.45, 7) is 4.81. The van der Waals surface area contributed by atoms with Crippen molar-refractivity contribution in [2.45, 2.75) is 13.8 Å². The average Bonchev–Trinajstić information content (AvgIpc) is 3.30. The van der Waals surface area contributed by atoms with Gasteiger partial charge in [0.05, 0.1) is 18.9 Å². The van der Waals surface area contributed by atoms with Crippen LogP contribution < -0.4 is 20.1 Å². The molecule has 8 heteroatoms. The van der Waals surface area contributed by atoms with Crippen LogP contribution in [0, 0.1) is 0 Å². The molecule has 0 aliphatic heterocycles. The molecule has 2 aromatic carbocycles. The number of carbonyl (C=O) groups is 1. The van der Waals surface area contributed by atoms with Gasteiger partial charge in [-0.3, -0.25) is 9.78 Å². The Morgan fingerprint density at radius 3 is 2.18 bits per heavy atom. The summed E-state index contributed by atoms with van der Waals surface area (Å²) in [6, 6.07) is 16.5. The molecule has 2 heterocycles. The lowest BCUT2D eigenvalue weighted by molar-refractivity contribution is 0.102. The van der Waals surface area contributed by atoms with E-state index in [2.05, 4.69) is 20.6 Å². The molecule has 4 aromatic rings. The Kier molecular flexibility index (Phi) is 7.16. The van der Waals surface area contributed by atoms with Crippen molar-refractivity contribution in [2.24, 2.45) is 0 Å². The van der Waals surface area contributed by atoms with Crippen LogP contribution in [-0.4, -0.2) is 29.1 Å². The van der Waals surface area contributed by atoms with E-state index in [1.54, 1.807) is 30.6 Å². The second-order valence-corrected chi connectivity index (χ2v) is 7.85. The number of nitrogens with one attached hydrogen (secondary N) is 2. The molecule has 0 unspecified atom stereocenters. The Bertz CT molecular complexity index is 1190. The highest BCUT2D eigenvalue weighted by Gasteiger charge is 2.11. The maximum Gasteiger partial charge on any atom is 0.255 e. The van der Waals surface area contributed by atoms with E-state index in [9.17, 15) is 4.79 Å². The Hall–Kier alpha value is -3.91. The molecule has 168 valence electrons. The molecule has 2 N–H and O–H groups in total. The van der Waals surface area contributed by atoms with Crippen LogP contribution in [0.2, 0.25) is 0 Å². The molecular formula is C25H24N4O3S. The molecule has 2 aromatic heterocycles. The predicted octanol–water partition coefficient (Wildman–Crippen LogP) is 6.00. The van der Waals surface area contributed by atoms with Gasteiger partial charge < -0.3 is 20.1 Å². The molecule has 4 rings (SSSR count). The van der Waals surface area contributed by atoms with Gasteiger partial charge in [0.1, 0.15) is 11.5 Å². The monoisotopic (exact) mass is 460 g/mol. The number of hydrogen-bond acceptors (Lipinski definition) is 7. The van der Waals surface area contributed by atoms with Crippen molar-refractivity contribution in [3.8, 4) is 22.8 Å². The molecule has 0 saturated carbocycles. The van der Waals surface area contributed by atoms with Crippen molar-refractivity contribution in [3.63, 3.8) is 0 Å². The third-order valence-electron chi connectivity index (χ3n) is 4.64. The van der Waals surface area contributed by atoms with Crippen molar-refractivity contribution in [3.05, 3.63) is 77.9 Å². The van der Waals surface area contributed by atoms with Gasteiger partial charge in [-0.15, -0.1) is 11.3 Å². The molecule has 0 aliphatic rings. The standard InChI is InChI=1S/C25H24N4O3S/c1-3-31-21-13-18(14-22(15-21)32-4-2)24(30)27-19-5-7-20(8-6-19)28-25-29-23(16-33-25)17-9-11-26-12-10-17/h5-16H,3-4H2,1-2H3,(H,27,30)(H,28,29). The van der Waals surface area contributed by atoms with Gasteiger partial charge in [0.25, 0.3) is 5.91 Å². The first-order valence-corrected chi connectivity index (χ1v) is 11.5. The summed E-state index contributed by atoms with van der Waals surface area (Å²) in [7, 11) is 0. The average molecular weight is 461 g/mol. The smallest absolute Gasteiger partial charge is 0.255 e. The molecule has 0 spiro atoms. The summed E-state index contributed by atoms with van der Waals surface area (Å²) in [6.07, 6.45) is 3.50. The van der Waals surface area contributed by atoms with Gasteiger partial charge in [0, 0.05) is 46.3 Å². The molecule has 0 saturated heterocycles. The van der Waals surface area contributed by atoms with E-state index in [-0.39, 0.29) is 5.91 Å².